The van der Waals surface area contributed by atoms with Gasteiger partial charge in [0.2, 0.25) is 11.8 Å². The molecular weight excluding hydrogens is 346 g/mol. The van der Waals surface area contributed by atoms with Gasteiger partial charge in [-0.3, -0.25) is 14.5 Å². The van der Waals surface area contributed by atoms with Crippen molar-refractivity contribution in [1.82, 2.24) is 20.5 Å². The van der Waals surface area contributed by atoms with Crippen LogP contribution < -0.4 is 16.0 Å². The number of aromatic nitrogens is 1. The quantitative estimate of drug-likeness (QED) is 0.597. The van der Waals surface area contributed by atoms with E-state index in [9.17, 15) is 9.59 Å². The predicted octanol–water partition coefficient (Wildman–Crippen LogP) is 0.902. The van der Waals surface area contributed by atoms with Gasteiger partial charge in [-0.2, -0.15) is 0 Å². The maximum absolute atomic E-state index is 12.3. The second kappa shape index (κ2) is 9.18. The maximum atomic E-state index is 12.3. The molecule has 8 nitrogen and oxygen atoms in total. The molecule has 0 aromatic carbocycles. The third-order valence-corrected chi connectivity index (χ3v) is 4.54. The molecule has 3 heterocycles. The standard InChI is InChI=1S/C19H25N5O3/c1-14-3-2-5-21-18(14)22-7-6-20-17(25)11-16-19(26)23-8-9-24(16)12-15-4-10-27-13-15/h2-5,10,13,16H,6-9,11-12H2,1H3,(H,20,25)(H,21,22)(H,23,26)/t16-/m0/s1. The average Bonchev–Trinajstić information content (AvgIpc) is 3.16. The zero-order valence-corrected chi connectivity index (χ0v) is 15.4. The molecule has 144 valence electrons. The fraction of sp³-hybridized carbons (Fsp3) is 0.421. The third kappa shape index (κ3) is 5.30. The Labute approximate surface area is 158 Å². The lowest BCUT2D eigenvalue weighted by Gasteiger charge is -2.34. The van der Waals surface area contributed by atoms with E-state index in [0.717, 1.165) is 16.9 Å². The highest BCUT2D eigenvalue weighted by Crippen LogP contribution is 2.14. The Hall–Kier alpha value is -2.87. The van der Waals surface area contributed by atoms with Gasteiger partial charge in [0, 0.05) is 44.5 Å². The smallest absolute Gasteiger partial charge is 0.237 e. The van der Waals surface area contributed by atoms with Crippen LogP contribution in [0.15, 0.2) is 41.3 Å². The molecule has 8 heteroatoms. The molecule has 0 saturated carbocycles. The van der Waals surface area contributed by atoms with Gasteiger partial charge in [-0.25, -0.2) is 4.98 Å². The fourth-order valence-electron chi connectivity index (χ4n) is 3.09. The van der Waals surface area contributed by atoms with E-state index >= 15 is 0 Å². The Balaban J connectivity index is 1.46. The molecule has 1 aliphatic heterocycles. The number of nitrogens with one attached hydrogen (secondary N) is 3. The Bertz CT molecular complexity index is 762. The van der Waals surface area contributed by atoms with E-state index in [1.165, 1.54) is 0 Å². The number of carbonyl (C=O) groups is 2. The van der Waals surface area contributed by atoms with Gasteiger partial charge < -0.3 is 20.4 Å². The number of hydrogen-bond acceptors (Lipinski definition) is 6. The van der Waals surface area contributed by atoms with Crippen LogP contribution in [0.1, 0.15) is 17.5 Å². The van der Waals surface area contributed by atoms with Crippen molar-refractivity contribution >= 4 is 17.6 Å². The summed E-state index contributed by atoms with van der Waals surface area (Å²) in [6, 6.07) is 5.26. The van der Waals surface area contributed by atoms with Crippen molar-refractivity contribution in [3.63, 3.8) is 0 Å². The van der Waals surface area contributed by atoms with Crippen LogP contribution in [-0.4, -0.2) is 53.9 Å². The van der Waals surface area contributed by atoms with Crippen molar-refractivity contribution in [2.45, 2.75) is 25.9 Å². The van der Waals surface area contributed by atoms with Gasteiger partial charge in [0.1, 0.15) is 5.82 Å². The number of hydrogen-bond donors (Lipinski definition) is 3. The summed E-state index contributed by atoms with van der Waals surface area (Å²) in [7, 11) is 0. The molecule has 2 aromatic rings. The van der Waals surface area contributed by atoms with Crippen molar-refractivity contribution in [3.05, 3.63) is 48.0 Å². The molecule has 2 amide bonds. The second-order valence-electron chi connectivity index (χ2n) is 6.56. The number of pyridine rings is 1. The fourth-order valence-corrected chi connectivity index (χ4v) is 3.09. The topological polar surface area (TPSA) is 99.5 Å². The Kier molecular flexibility index (Phi) is 6.43. The monoisotopic (exact) mass is 371 g/mol. The van der Waals surface area contributed by atoms with Gasteiger partial charge >= 0.3 is 0 Å². The first-order chi connectivity index (χ1) is 13.1. The number of furan rings is 1. The van der Waals surface area contributed by atoms with Crippen LogP contribution in [0.4, 0.5) is 5.82 Å². The number of amides is 2. The van der Waals surface area contributed by atoms with Crippen LogP contribution in [0.25, 0.3) is 0 Å². The summed E-state index contributed by atoms with van der Waals surface area (Å²) in [6.07, 6.45) is 5.13. The van der Waals surface area contributed by atoms with Gasteiger partial charge in [-0.05, 0) is 24.6 Å². The Morgan fingerprint density at radius 2 is 2.30 bits per heavy atom. The van der Waals surface area contributed by atoms with Crippen molar-refractivity contribution in [2.24, 2.45) is 0 Å². The number of aryl methyl sites for hydroxylation is 1. The number of rotatable bonds is 8. The molecule has 0 spiro atoms. The zero-order chi connectivity index (χ0) is 19.1. The van der Waals surface area contributed by atoms with E-state index in [1.807, 2.05) is 30.0 Å². The number of carbonyl (C=O) groups excluding carboxylic acids is 2. The molecule has 1 fully saturated rings. The second-order valence-corrected chi connectivity index (χ2v) is 6.56. The van der Waals surface area contributed by atoms with Crippen molar-refractivity contribution in [2.75, 3.05) is 31.5 Å². The SMILES string of the molecule is Cc1cccnc1NCCNC(=O)C[C@H]1C(=O)NCCN1Cc1ccoc1. The number of nitrogens with zero attached hydrogens (tertiary/aromatic N) is 2. The first-order valence-electron chi connectivity index (χ1n) is 9.08. The largest absolute Gasteiger partial charge is 0.472 e. The van der Waals surface area contributed by atoms with Crippen LogP contribution in [-0.2, 0) is 16.1 Å². The third-order valence-electron chi connectivity index (χ3n) is 4.54. The lowest BCUT2D eigenvalue weighted by Crippen LogP contribution is -2.56. The molecule has 0 unspecified atom stereocenters. The molecule has 1 atom stereocenters. The van der Waals surface area contributed by atoms with E-state index in [2.05, 4.69) is 20.9 Å². The van der Waals surface area contributed by atoms with Crippen LogP contribution in [0, 0.1) is 6.92 Å². The molecule has 0 aliphatic carbocycles. The Morgan fingerprint density at radius 1 is 1.41 bits per heavy atom. The first-order valence-corrected chi connectivity index (χ1v) is 9.08. The molecule has 0 radical (unpaired) electrons. The van der Waals surface area contributed by atoms with E-state index in [-0.39, 0.29) is 18.2 Å². The normalized spacial score (nSPS) is 17.4. The van der Waals surface area contributed by atoms with E-state index in [4.69, 9.17) is 4.42 Å². The van der Waals surface area contributed by atoms with Gasteiger partial charge in [0.05, 0.1) is 25.0 Å². The first kappa shape index (κ1) is 18.9. The highest BCUT2D eigenvalue weighted by atomic mass is 16.3. The maximum Gasteiger partial charge on any atom is 0.237 e. The minimum Gasteiger partial charge on any atom is -0.472 e. The van der Waals surface area contributed by atoms with E-state index < -0.39 is 6.04 Å². The van der Waals surface area contributed by atoms with Gasteiger partial charge in [-0.15, -0.1) is 0 Å². The molecule has 0 bridgehead atoms. The highest BCUT2D eigenvalue weighted by molar-refractivity contribution is 5.88. The summed E-state index contributed by atoms with van der Waals surface area (Å²) < 4.78 is 5.09. The molecule has 1 aliphatic rings. The van der Waals surface area contributed by atoms with Crippen LogP contribution in [0.2, 0.25) is 0 Å². The molecule has 3 rings (SSSR count). The van der Waals surface area contributed by atoms with Gasteiger partial charge in [-0.1, -0.05) is 6.07 Å². The van der Waals surface area contributed by atoms with Crippen LogP contribution in [0.3, 0.4) is 0 Å². The lowest BCUT2D eigenvalue weighted by molar-refractivity contribution is -0.134. The molecule has 2 aromatic heterocycles. The Morgan fingerprint density at radius 3 is 3.07 bits per heavy atom. The van der Waals surface area contributed by atoms with Gasteiger partial charge in [0.25, 0.3) is 0 Å². The molecule has 1 saturated heterocycles. The number of piperazine rings is 1. The zero-order valence-electron chi connectivity index (χ0n) is 15.4. The minimum atomic E-state index is -0.473. The summed E-state index contributed by atoms with van der Waals surface area (Å²) in [5.41, 5.74) is 2.04. The molecule has 27 heavy (non-hydrogen) atoms. The summed E-state index contributed by atoms with van der Waals surface area (Å²) >= 11 is 0. The highest BCUT2D eigenvalue weighted by Gasteiger charge is 2.31. The van der Waals surface area contributed by atoms with Crippen molar-refractivity contribution in [1.29, 1.82) is 0 Å². The van der Waals surface area contributed by atoms with E-state index in [0.29, 0.717) is 32.7 Å². The van der Waals surface area contributed by atoms with E-state index in [1.54, 1.807) is 18.7 Å². The minimum absolute atomic E-state index is 0.109. The summed E-state index contributed by atoms with van der Waals surface area (Å²) in [5, 5.41) is 8.90. The molecular formula is C19H25N5O3. The van der Waals surface area contributed by atoms with Crippen molar-refractivity contribution in [3.8, 4) is 0 Å². The van der Waals surface area contributed by atoms with Crippen molar-refractivity contribution < 1.29 is 14.0 Å². The predicted molar refractivity (Wildman–Crippen MR) is 101 cm³/mol. The molecule has 3 N–H and O–H groups in total. The number of anilines is 1. The summed E-state index contributed by atoms with van der Waals surface area (Å²) in [5.74, 6) is 0.556. The lowest BCUT2D eigenvalue weighted by atomic mass is 10.1. The average molecular weight is 371 g/mol. The van der Waals surface area contributed by atoms with Crippen LogP contribution in [0.5, 0.6) is 0 Å². The summed E-state index contributed by atoms with van der Waals surface area (Å²) in [6.45, 7) is 4.88. The van der Waals surface area contributed by atoms with Crippen LogP contribution >= 0.6 is 0 Å². The summed E-state index contributed by atoms with van der Waals surface area (Å²) in [4.78, 5) is 30.8. The van der Waals surface area contributed by atoms with Gasteiger partial charge in [0.15, 0.2) is 0 Å².